The van der Waals surface area contributed by atoms with Gasteiger partial charge in [-0.05, 0) is 11.6 Å². The van der Waals surface area contributed by atoms with E-state index in [9.17, 15) is 19.7 Å². The highest BCUT2D eigenvalue weighted by molar-refractivity contribution is 6.32. The van der Waals surface area contributed by atoms with Gasteiger partial charge in [-0.2, -0.15) is 0 Å². The molecule has 3 amide bonds. The minimum atomic E-state index is -0.918. The topological polar surface area (TPSA) is 101 Å². The van der Waals surface area contributed by atoms with E-state index in [2.05, 4.69) is 5.32 Å². The van der Waals surface area contributed by atoms with E-state index in [0.717, 1.165) is 6.07 Å². The third kappa shape index (κ3) is 2.04. The lowest BCUT2D eigenvalue weighted by Crippen LogP contribution is -2.22. The van der Waals surface area contributed by atoms with Gasteiger partial charge >= 0.3 is 6.03 Å². The fraction of sp³-hybridized carbons (Fsp3) is 0.111. The van der Waals surface area contributed by atoms with Crippen LogP contribution in [0.25, 0.3) is 0 Å². The number of nitrogens with one attached hydrogen (secondary N) is 2. The molecule has 1 aliphatic rings. The third-order valence-corrected chi connectivity index (χ3v) is 2.59. The number of rotatable bonds is 2. The van der Waals surface area contributed by atoms with Gasteiger partial charge in [0.1, 0.15) is 11.1 Å². The number of halogens is 1. The fourth-order valence-electron chi connectivity index (χ4n) is 1.50. The number of nitro groups is 1. The maximum Gasteiger partial charge on any atom is 0.322 e. The van der Waals surface area contributed by atoms with Crippen LogP contribution in [0.15, 0.2) is 18.2 Å². The Morgan fingerprint density at radius 3 is 2.59 bits per heavy atom. The molecule has 1 unspecified atom stereocenters. The minimum Gasteiger partial charge on any atom is -0.322 e. The zero-order valence-corrected chi connectivity index (χ0v) is 9.02. The molecule has 7 nitrogen and oxygen atoms in total. The predicted octanol–water partition coefficient (Wildman–Crippen LogP) is 1.13. The number of amides is 3. The lowest BCUT2D eigenvalue weighted by molar-refractivity contribution is -0.384. The summed E-state index contributed by atoms with van der Waals surface area (Å²) in [5.41, 5.74) is 0.00238. The van der Waals surface area contributed by atoms with Crippen molar-refractivity contribution >= 4 is 29.2 Å². The molecule has 1 saturated heterocycles. The number of hydrogen-bond donors (Lipinski definition) is 2. The van der Waals surface area contributed by atoms with Crippen molar-refractivity contribution in [2.75, 3.05) is 0 Å². The van der Waals surface area contributed by atoms with Crippen molar-refractivity contribution in [3.8, 4) is 0 Å². The first-order valence-electron chi connectivity index (χ1n) is 4.54. The molecule has 0 radical (unpaired) electrons. The highest BCUT2D eigenvalue weighted by Gasteiger charge is 2.32. The van der Waals surface area contributed by atoms with Crippen LogP contribution in [0.3, 0.4) is 0 Å². The number of urea groups is 1. The van der Waals surface area contributed by atoms with Gasteiger partial charge in [0, 0.05) is 6.07 Å². The molecule has 0 bridgehead atoms. The number of nitro benzene ring substituents is 1. The molecule has 2 rings (SSSR count). The van der Waals surface area contributed by atoms with Crippen LogP contribution in [-0.2, 0) is 4.79 Å². The normalized spacial score (nSPS) is 18.8. The van der Waals surface area contributed by atoms with E-state index in [1.54, 1.807) is 0 Å². The van der Waals surface area contributed by atoms with Gasteiger partial charge in [0.2, 0.25) is 0 Å². The van der Waals surface area contributed by atoms with E-state index in [-0.39, 0.29) is 10.7 Å². The van der Waals surface area contributed by atoms with E-state index in [1.807, 2.05) is 5.32 Å². The largest absolute Gasteiger partial charge is 0.322 e. The third-order valence-electron chi connectivity index (χ3n) is 2.27. The molecule has 0 aliphatic carbocycles. The Bertz CT molecular complexity index is 531. The van der Waals surface area contributed by atoms with Gasteiger partial charge in [-0.25, -0.2) is 4.79 Å². The second-order valence-corrected chi connectivity index (χ2v) is 3.77. The first-order valence-corrected chi connectivity index (χ1v) is 4.92. The molecule has 0 saturated carbocycles. The van der Waals surface area contributed by atoms with Gasteiger partial charge < -0.3 is 5.32 Å². The van der Waals surface area contributed by atoms with Gasteiger partial charge in [-0.15, -0.1) is 0 Å². The highest BCUT2D eigenvalue weighted by Crippen LogP contribution is 2.28. The Morgan fingerprint density at radius 2 is 2.06 bits per heavy atom. The predicted molar refractivity (Wildman–Crippen MR) is 57.5 cm³/mol. The SMILES string of the molecule is O=C1NC(=O)C(c2ccc(Cl)c([N+](=O)[O-])c2)N1. The molecule has 1 aromatic carbocycles. The van der Waals surface area contributed by atoms with Crippen molar-refractivity contribution in [3.63, 3.8) is 0 Å². The molecule has 1 aromatic rings. The Labute approximate surface area is 99.9 Å². The van der Waals surface area contributed by atoms with Gasteiger partial charge in [0.15, 0.2) is 0 Å². The number of nitrogens with zero attached hydrogens (tertiary/aromatic N) is 1. The lowest BCUT2D eigenvalue weighted by atomic mass is 10.1. The van der Waals surface area contributed by atoms with E-state index in [1.165, 1.54) is 12.1 Å². The van der Waals surface area contributed by atoms with Crippen molar-refractivity contribution in [1.82, 2.24) is 10.6 Å². The maximum absolute atomic E-state index is 11.4. The summed E-state index contributed by atoms with van der Waals surface area (Å²) < 4.78 is 0. The van der Waals surface area contributed by atoms with Crippen molar-refractivity contribution in [2.24, 2.45) is 0 Å². The summed E-state index contributed by atoms with van der Waals surface area (Å²) in [6.45, 7) is 0. The summed E-state index contributed by atoms with van der Waals surface area (Å²) in [7, 11) is 0. The molecule has 17 heavy (non-hydrogen) atoms. The zero-order valence-electron chi connectivity index (χ0n) is 8.27. The van der Waals surface area contributed by atoms with Crippen LogP contribution >= 0.6 is 11.6 Å². The van der Waals surface area contributed by atoms with Gasteiger partial charge in [0.25, 0.3) is 11.6 Å². The van der Waals surface area contributed by atoms with E-state index < -0.39 is 22.9 Å². The van der Waals surface area contributed by atoms with Crippen molar-refractivity contribution in [3.05, 3.63) is 38.9 Å². The monoisotopic (exact) mass is 255 g/mol. The fourth-order valence-corrected chi connectivity index (χ4v) is 1.69. The van der Waals surface area contributed by atoms with Gasteiger partial charge in [-0.3, -0.25) is 20.2 Å². The molecule has 0 aromatic heterocycles. The zero-order chi connectivity index (χ0) is 12.6. The van der Waals surface area contributed by atoms with Crippen LogP contribution in [0.1, 0.15) is 11.6 Å². The van der Waals surface area contributed by atoms with Crippen LogP contribution < -0.4 is 10.6 Å². The summed E-state index contributed by atoms with van der Waals surface area (Å²) in [6, 6.07) is 2.38. The van der Waals surface area contributed by atoms with Crippen LogP contribution in [0, 0.1) is 10.1 Å². The summed E-state index contributed by atoms with van der Waals surface area (Å²) >= 11 is 5.63. The standard InChI is InChI=1S/C9H6ClN3O4/c10-5-2-1-4(3-6(5)13(16)17)7-8(14)12-9(15)11-7/h1-3,7H,(H2,11,12,14,15). The molecule has 88 valence electrons. The quantitative estimate of drug-likeness (QED) is 0.470. The molecular weight excluding hydrogens is 250 g/mol. The average molecular weight is 256 g/mol. The molecule has 1 atom stereocenters. The van der Waals surface area contributed by atoms with Crippen LogP contribution in [0.5, 0.6) is 0 Å². The van der Waals surface area contributed by atoms with Crippen LogP contribution in [0.4, 0.5) is 10.5 Å². The average Bonchev–Trinajstić information content (AvgIpc) is 2.58. The molecule has 1 heterocycles. The van der Waals surface area contributed by atoms with E-state index >= 15 is 0 Å². The summed E-state index contributed by atoms with van der Waals surface area (Å²) in [4.78, 5) is 32.3. The number of carbonyl (C=O) groups excluding carboxylic acids is 2. The Kier molecular flexibility index (Phi) is 2.68. The molecule has 0 spiro atoms. The van der Waals surface area contributed by atoms with Crippen molar-refractivity contribution < 1.29 is 14.5 Å². The second-order valence-electron chi connectivity index (χ2n) is 3.36. The minimum absolute atomic E-state index is 0.0246. The summed E-state index contributed by atoms with van der Waals surface area (Å²) in [5, 5.41) is 15.0. The number of imide groups is 1. The first-order chi connectivity index (χ1) is 7.99. The maximum atomic E-state index is 11.4. The summed E-state index contributed by atoms with van der Waals surface area (Å²) in [6.07, 6.45) is 0. The summed E-state index contributed by atoms with van der Waals surface area (Å²) in [5.74, 6) is -0.549. The Balaban J connectivity index is 2.40. The Morgan fingerprint density at radius 1 is 1.35 bits per heavy atom. The Hall–Kier alpha value is -2.15. The van der Waals surface area contributed by atoms with E-state index in [4.69, 9.17) is 11.6 Å². The number of benzene rings is 1. The van der Waals surface area contributed by atoms with Gasteiger partial charge in [0.05, 0.1) is 4.92 Å². The van der Waals surface area contributed by atoms with Crippen LogP contribution in [0.2, 0.25) is 5.02 Å². The molecule has 1 aliphatic heterocycles. The molecule has 1 fully saturated rings. The molecular formula is C9H6ClN3O4. The number of carbonyl (C=O) groups is 2. The van der Waals surface area contributed by atoms with Crippen molar-refractivity contribution in [1.29, 1.82) is 0 Å². The van der Waals surface area contributed by atoms with E-state index in [0.29, 0.717) is 5.56 Å². The van der Waals surface area contributed by atoms with Crippen molar-refractivity contribution in [2.45, 2.75) is 6.04 Å². The number of hydrogen-bond acceptors (Lipinski definition) is 4. The highest BCUT2D eigenvalue weighted by atomic mass is 35.5. The molecule has 8 heteroatoms. The smallest absolute Gasteiger partial charge is 0.322 e. The second kappa shape index (κ2) is 4.02. The van der Waals surface area contributed by atoms with Gasteiger partial charge in [-0.1, -0.05) is 17.7 Å². The first kappa shape index (κ1) is 11.3. The molecule has 2 N–H and O–H groups in total. The van der Waals surface area contributed by atoms with Crippen LogP contribution in [-0.4, -0.2) is 16.9 Å². The lowest BCUT2D eigenvalue weighted by Gasteiger charge is -2.07.